The van der Waals surface area contributed by atoms with Gasteiger partial charge in [0, 0.05) is 42.5 Å². The fourth-order valence-corrected chi connectivity index (χ4v) is 4.67. The molecule has 2 aliphatic heterocycles. The molecule has 0 amide bonds. The quantitative estimate of drug-likeness (QED) is 0.753. The Hall–Kier alpha value is -1.53. The first-order chi connectivity index (χ1) is 12.9. The summed E-state index contributed by atoms with van der Waals surface area (Å²) in [4.78, 5) is 7.66. The number of nitrogens with zero attached hydrogens (tertiary/aromatic N) is 2. The van der Waals surface area contributed by atoms with E-state index in [4.69, 9.17) is 4.74 Å². The van der Waals surface area contributed by atoms with Gasteiger partial charge in [0.15, 0.2) is 0 Å². The number of nitrogens with one attached hydrogen (secondary N) is 1. The number of ether oxygens (including phenoxy) is 1. The average Bonchev–Trinajstić information content (AvgIpc) is 2.70. The lowest BCUT2D eigenvalue weighted by Gasteiger charge is -2.32. The molecule has 0 atom stereocenters. The Kier molecular flexibility index (Phi) is 6.12. The summed E-state index contributed by atoms with van der Waals surface area (Å²) in [5, 5.41) is 3.61. The number of fused-ring (bicyclic) bond motifs is 2. The number of morpholine rings is 1. The van der Waals surface area contributed by atoms with Gasteiger partial charge in [0.2, 0.25) is 0 Å². The fourth-order valence-electron chi connectivity index (χ4n) is 3.57. The molecule has 0 bridgehead atoms. The zero-order valence-electron chi connectivity index (χ0n) is 15.2. The zero-order chi connectivity index (χ0) is 17.6. The Morgan fingerprint density at radius 1 is 0.846 bits per heavy atom. The molecule has 2 aromatic rings. The van der Waals surface area contributed by atoms with Crippen molar-refractivity contribution in [2.45, 2.75) is 16.2 Å². The van der Waals surface area contributed by atoms with Crippen molar-refractivity contribution in [1.82, 2.24) is 10.2 Å². The summed E-state index contributed by atoms with van der Waals surface area (Å²) in [5.41, 5.74) is 2.68. The minimum Gasteiger partial charge on any atom is -0.379 e. The summed E-state index contributed by atoms with van der Waals surface area (Å²) in [5.74, 6) is 0. The molecule has 0 unspecified atom stereocenters. The topological polar surface area (TPSA) is 27.7 Å². The molecule has 1 fully saturated rings. The molecule has 0 aromatic heterocycles. The van der Waals surface area contributed by atoms with Crippen molar-refractivity contribution < 1.29 is 4.74 Å². The first-order valence-corrected chi connectivity index (χ1v) is 10.4. The van der Waals surface area contributed by atoms with E-state index < -0.39 is 0 Å². The van der Waals surface area contributed by atoms with Crippen LogP contribution in [0, 0.1) is 0 Å². The molecule has 1 N–H and O–H groups in total. The summed E-state index contributed by atoms with van der Waals surface area (Å²) in [6.45, 7) is 8.18. The van der Waals surface area contributed by atoms with Crippen molar-refractivity contribution >= 4 is 23.1 Å². The summed E-state index contributed by atoms with van der Waals surface area (Å²) >= 11 is 1.88. The Morgan fingerprint density at radius 3 is 2.19 bits per heavy atom. The third-order valence-corrected chi connectivity index (χ3v) is 6.11. The maximum atomic E-state index is 5.40. The van der Waals surface area contributed by atoms with Crippen LogP contribution in [0.2, 0.25) is 0 Å². The minimum absolute atomic E-state index is 0.881. The van der Waals surface area contributed by atoms with Gasteiger partial charge in [-0.15, -0.1) is 0 Å². The lowest BCUT2D eigenvalue weighted by atomic mass is 10.2. The van der Waals surface area contributed by atoms with Crippen molar-refractivity contribution in [3.63, 3.8) is 0 Å². The van der Waals surface area contributed by atoms with Gasteiger partial charge in [0.05, 0.1) is 24.6 Å². The molecule has 138 valence electrons. The van der Waals surface area contributed by atoms with E-state index in [-0.39, 0.29) is 0 Å². The van der Waals surface area contributed by atoms with Gasteiger partial charge in [0.25, 0.3) is 0 Å². The van der Waals surface area contributed by atoms with Crippen LogP contribution in [0.15, 0.2) is 58.3 Å². The van der Waals surface area contributed by atoms with Crippen molar-refractivity contribution in [3.8, 4) is 0 Å². The van der Waals surface area contributed by atoms with E-state index in [0.717, 1.165) is 58.9 Å². The number of para-hydroxylation sites is 2. The highest BCUT2D eigenvalue weighted by Gasteiger charge is 2.22. The predicted molar refractivity (Wildman–Crippen MR) is 109 cm³/mol. The van der Waals surface area contributed by atoms with E-state index in [1.54, 1.807) is 0 Å². The Morgan fingerprint density at radius 2 is 1.50 bits per heavy atom. The van der Waals surface area contributed by atoms with Gasteiger partial charge in [0.1, 0.15) is 0 Å². The maximum absolute atomic E-state index is 5.40. The Bertz CT molecular complexity index is 672. The van der Waals surface area contributed by atoms with Gasteiger partial charge in [-0.3, -0.25) is 4.90 Å². The number of hydrogen-bond acceptors (Lipinski definition) is 5. The van der Waals surface area contributed by atoms with Crippen molar-refractivity contribution in [2.24, 2.45) is 0 Å². The molecule has 2 heterocycles. The van der Waals surface area contributed by atoms with Gasteiger partial charge in [-0.1, -0.05) is 36.0 Å². The van der Waals surface area contributed by atoms with E-state index >= 15 is 0 Å². The van der Waals surface area contributed by atoms with Gasteiger partial charge >= 0.3 is 0 Å². The lowest BCUT2D eigenvalue weighted by Crippen LogP contribution is -2.40. The molecular formula is C21H27N3OS. The molecular weight excluding hydrogens is 342 g/mol. The van der Waals surface area contributed by atoms with Crippen LogP contribution < -0.4 is 10.2 Å². The SMILES string of the molecule is c1ccc2c(c1)Sc1ccccc1N2CCCNCCN1CCOCC1. The molecule has 0 aliphatic carbocycles. The second-order valence-corrected chi connectivity index (χ2v) is 7.83. The van der Waals surface area contributed by atoms with Crippen molar-refractivity contribution in [1.29, 1.82) is 0 Å². The highest BCUT2D eigenvalue weighted by Crippen LogP contribution is 2.47. The molecule has 2 aromatic carbocycles. The second kappa shape index (κ2) is 8.91. The molecule has 0 radical (unpaired) electrons. The maximum Gasteiger partial charge on any atom is 0.0594 e. The van der Waals surface area contributed by atoms with E-state index in [1.165, 1.54) is 21.2 Å². The smallest absolute Gasteiger partial charge is 0.0594 e. The van der Waals surface area contributed by atoms with E-state index in [9.17, 15) is 0 Å². The number of benzene rings is 2. The normalized spacial score (nSPS) is 17.0. The molecule has 0 saturated carbocycles. The van der Waals surface area contributed by atoms with Crippen molar-refractivity contribution in [2.75, 3.05) is 57.4 Å². The summed E-state index contributed by atoms with van der Waals surface area (Å²) in [7, 11) is 0. The monoisotopic (exact) mass is 369 g/mol. The van der Waals surface area contributed by atoms with Crippen molar-refractivity contribution in [3.05, 3.63) is 48.5 Å². The standard InChI is InChI=1S/C21H27N3OS/c1-3-8-20-18(6-1)24(19-7-2-4-9-21(19)26-20)12-5-10-22-11-13-23-14-16-25-17-15-23/h1-4,6-9,22H,5,10-17H2. The van der Waals surface area contributed by atoms with E-state index in [2.05, 4.69) is 63.6 Å². The fraction of sp³-hybridized carbons (Fsp3) is 0.429. The van der Waals surface area contributed by atoms with Crippen LogP contribution in [0.5, 0.6) is 0 Å². The van der Waals surface area contributed by atoms with Crippen LogP contribution in [0.3, 0.4) is 0 Å². The molecule has 26 heavy (non-hydrogen) atoms. The van der Waals surface area contributed by atoms with Crippen LogP contribution in [0.25, 0.3) is 0 Å². The van der Waals surface area contributed by atoms with E-state index in [0.29, 0.717) is 0 Å². The molecule has 2 aliphatic rings. The highest BCUT2D eigenvalue weighted by atomic mass is 32.2. The second-order valence-electron chi connectivity index (χ2n) is 6.75. The number of anilines is 2. The predicted octanol–water partition coefficient (Wildman–Crippen LogP) is 3.60. The van der Waals surface area contributed by atoms with Crippen LogP contribution in [0.1, 0.15) is 6.42 Å². The van der Waals surface area contributed by atoms with Gasteiger partial charge in [-0.05, 0) is 37.2 Å². The highest BCUT2D eigenvalue weighted by molar-refractivity contribution is 7.99. The molecule has 5 heteroatoms. The molecule has 0 spiro atoms. The first kappa shape index (κ1) is 17.9. The largest absolute Gasteiger partial charge is 0.379 e. The summed E-state index contributed by atoms with van der Waals surface area (Å²) in [6.07, 6.45) is 1.14. The average molecular weight is 370 g/mol. The number of rotatable bonds is 7. The van der Waals surface area contributed by atoms with E-state index in [1.807, 2.05) is 11.8 Å². The van der Waals surface area contributed by atoms with Crippen LogP contribution in [0.4, 0.5) is 11.4 Å². The third kappa shape index (κ3) is 4.23. The van der Waals surface area contributed by atoms with Gasteiger partial charge in [-0.25, -0.2) is 0 Å². The minimum atomic E-state index is 0.881. The molecule has 1 saturated heterocycles. The Balaban J connectivity index is 1.29. The van der Waals surface area contributed by atoms with Crippen LogP contribution >= 0.6 is 11.8 Å². The zero-order valence-corrected chi connectivity index (χ0v) is 16.0. The first-order valence-electron chi connectivity index (χ1n) is 9.56. The summed E-state index contributed by atoms with van der Waals surface area (Å²) < 4.78 is 5.40. The van der Waals surface area contributed by atoms with Crippen LogP contribution in [-0.4, -0.2) is 57.4 Å². The van der Waals surface area contributed by atoms with Crippen LogP contribution in [-0.2, 0) is 4.74 Å². The molecule has 4 rings (SSSR count). The number of hydrogen-bond donors (Lipinski definition) is 1. The third-order valence-electron chi connectivity index (χ3n) is 4.98. The van der Waals surface area contributed by atoms with Gasteiger partial charge < -0.3 is 15.0 Å². The van der Waals surface area contributed by atoms with Gasteiger partial charge in [-0.2, -0.15) is 0 Å². The molecule has 4 nitrogen and oxygen atoms in total. The lowest BCUT2D eigenvalue weighted by molar-refractivity contribution is 0.0384. The Labute approximate surface area is 160 Å². The summed E-state index contributed by atoms with van der Waals surface area (Å²) in [6, 6.07) is 17.5.